The topological polar surface area (TPSA) is 51.1 Å². The molecule has 1 aliphatic heterocycles. The number of nitrogens with zero attached hydrogens (tertiary/aromatic N) is 2. The Morgan fingerprint density at radius 3 is 2.34 bits per heavy atom. The Kier molecular flexibility index (Phi) is 7.91. The largest absolute Gasteiger partial charge is 0.493 e. The minimum absolute atomic E-state index is 0.164. The van der Waals surface area contributed by atoms with Crippen LogP contribution in [0.1, 0.15) is 11.1 Å². The number of amidine groups is 1. The van der Waals surface area contributed by atoms with Crippen molar-refractivity contribution in [2.75, 3.05) is 12.0 Å². The maximum absolute atomic E-state index is 13.6. The van der Waals surface area contributed by atoms with Gasteiger partial charge in [-0.25, -0.2) is 9.38 Å². The second-order valence-corrected chi connectivity index (χ2v) is 10.1. The first-order valence-corrected chi connectivity index (χ1v) is 13.3. The molecule has 4 aromatic rings. The number of ether oxygens (including phenoxy) is 2. The molecule has 0 radical (unpaired) electrons. The number of anilines is 1. The zero-order valence-corrected chi connectivity index (χ0v) is 22.7. The van der Waals surface area contributed by atoms with Gasteiger partial charge in [0.15, 0.2) is 16.7 Å². The molecular formula is C30H22BrFN2O3S. The molecule has 1 aliphatic rings. The van der Waals surface area contributed by atoms with Gasteiger partial charge < -0.3 is 9.47 Å². The monoisotopic (exact) mass is 588 g/mol. The van der Waals surface area contributed by atoms with Gasteiger partial charge in [-0.05, 0) is 93.4 Å². The molecule has 1 heterocycles. The van der Waals surface area contributed by atoms with Gasteiger partial charge >= 0.3 is 0 Å². The fraction of sp³-hybridized carbons (Fsp3) is 0.0667. The van der Waals surface area contributed by atoms with Gasteiger partial charge in [-0.2, -0.15) is 0 Å². The molecule has 5 rings (SSSR count). The molecule has 0 N–H and O–H groups in total. The van der Waals surface area contributed by atoms with Crippen molar-refractivity contribution in [3.8, 4) is 11.5 Å². The Hall–Kier alpha value is -3.88. The summed E-state index contributed by atoms with van der Waals surface area (Å²) in [6.45, 7) is 0.245. The molecule has 0 aliphatic carbocycles. The van der Waals surface area contributed by atoms with Crippen LogP contribution in [0.25, 0.3) is 6.08 Å². The third-order valence-corrected chi connectivity index (χ3v) is 7.21. The minimum Gasteiger partial charge on any atom is -0.493 e. The van der Waals surface area contributed by atoms with Crippen molar-refractivity contribution in [1.82, 2.24) is 0 Å². The molecule has 1 fully saturated rings. The predicted molar refractivity (Wildman–Crippen MR) is 154 cm³/mol. The number of hydrogen-bond acceptors (Lipinski definition) is 5. The summed E-state index contributed by atoms with van der Waals surface area (Å²) in [7, 11) is 1.56. The number of carbonyl (C=O) groups is 1. The molecular weight excluding hydrogens is 567 g/mol. The number of aliphatic imine (C=N–C) groups is 1. The molecule has 0 bridgehead atoms. The zero-order valence-electron chi connectivity index (χ0n) is 20.3. The summed E-state index contributed by atoms with van der Waals surface area (Å²) in [6.07, 6.45) is 1.81. The van der Waals surface area contributed by atoms with Crippen molar-refractivity contribution in [3.05, 3.63) is 123 Å². The Bertz CT molecular complexity index is 1510. The zero-order chi connectivity index (χ0) is 26.5. The molecule has 4 aromatic carbocycles. The summed E-state index contributed by atoms with van der Waals surface area (Å²) in [6, 6.07) is 28.8. The number of benzene rings is 4. The quantitative estimate of drug-likeness (QED) is 0.205. The molecule has 0 aromatic heterocycles. The second-order valence-electron chi connectivity index (χ2n) is 8.27. The molecule has 190 valence electrons. The normalized spacial score (nSPS) is 15.3. The highest BCUT2D eigenvalue weighted by Crippen LogP contribution is 2.41. The lowest BCUT2D eigenvalue weighted by Gasteiger charge is -2.15. The Labute approximate surface area is 232 Å². The van der Waals surface area contributed by atoms with E-state index < -0.39 is 0 Å². The van der Waals surface area contributed by atoms with Crippen LogP contribution in [-0.4, -0.2) is 18.2 Å². The van der Waals surface area contributed by atoms with Crippen molar-refractivity contribution in [3.63, 3.8) is 0 Å². The molecule has 1 amide bonds. The van der Waals surface area contributed by atoms with Gasteiger partial charge in [-0.3, -0.25) is 9.69 Å². The van der Waals surface area contributed by atoms with E-state index >= 15 is 0 Å². The third-order valence-electron chi connectivity index (χ3n) is 5.65. The molecule has 0 atom stereocenters. The highest BCUT2D eigenvalue weighted by atomic mass is 79.9. The first kappa shape index (κ1) is 25.8. The summed E-state index contributed by atoms with van der Waals surface area (Å²) in [5.74, 6) is 0.554. The van der Waals surface area contributed by atoms with Crippen LogP contribution in [0.3, 0.4) is 0 Å². The second kappa shape index (κ2) is 11.7. The summed E-state index contributed by atoms with van der Waals surface area (Å²) >= 11 is 4.89. The van der Waals surface area contributed by atoms with E-state index in [2.05, 4.69) is 15.9 Å². The fourth-order valence-corrected chi connectivity index (χ4v) is 5.39. The van der Waals surface area contributed by atoms with Crippen molar-refractivity contribution >= 4 is 56.2 Å². The van der Waals surface area contributed by atoms with E-state index in [0.717, 1.165) is 22.5 Å². The maximum atomic E-state index is 13.6. The third kappa shape index (κ3) is 5.82. The number of rotatable bonds is 7. The van der Waals surface area contributed by atoms with Gasteiger partial charge in [-0.1, -0.05) is 48.5 Å². The van der Waals surface area contributed by atoms with Crippen LogP contribution in [0.5, 0.6) is 11.5 Å². The van der Waals surface area contributed by atoms with Crippen molar-refractivity contribution in [2.24, 2.45) is 4.99 Å². The molecule has 0 spiro atoms. The minimum atomic E-state index is -0.299. The first-order chi connectivity index (χ1) is 18.5. The average Bonchev–Trinajstić information content (AvgIpc) is 3.23. The first-order valence-electron chi connectivity index (χ1n) is 11.7. The van der Waals surface area contributed by atoms with Gasteiger partial charge in [0.05, 0.1) is 27.9 Å². The van der Waals surface area contributed by atoms with Crippen LogP contribution in [0.4, 0.5) is 15.8 Å². The van der Waals surface area contributed by atoms with E-state index in [9.17, 15) is 9.18 Å². The number of methoxy groups -OCH3 is 1. The van der Waals surface area contributed by atoms with Crippen molar-refractivity contribution < 1.29 is 18.7 Å². The van der Waals surface area contributed by atoms with Gasteiger partial charge in [0.1, 0.15) is 12.4 Å². The Balaban J connectivity index is 1.45. The van der Waals surface area contributed by atoms with E-state index in [1.165, 1.54) is 23.9 Å². The molecule has 1 saturated heterocycles. The van der Waals surface area contributed by atoms with Gasteiger partial charge in [0.2, 0.25) is 0 Å². The summed E-state index contributed by atoms with van der Waals surface area (Å²) in [5.41, 5.74) is 3.09. The number of amides is 1. The molecule has 8 heteroatoms. The lowest BCUT2D eigenvalue weighted by molar-refractivity contribution is -0.113. The van der Waals surface area contributed by atoms with E-state index in [4.69, 9.17) is 14.5 Å². The highest BCUT2D eigenvalue weighted by molar-refractivity contribution is 9.10. The van der Waals surface area contributed by atoms with Crippen LogP contribution in [0.2, 0.25) is 0 Å². The predicted octanol–water partition coefficient (Wildman–Crippen LogP) is 7.98. The van der Waals surface area contributed by atoms with Gasteiger partial charge in [-0.15, -0.1) is 0 Å². The lowest BCUT2D eigenvalue weighted by Crippen LogP contribution is -2.28. The molecule has 5 nitrogen and oxygen atoms in total. The summed E-state index contributed by atoms with van der Waals surface area (Å²) in [5, 5.41) is 0.573. The van der Waals surface area contributed by atoms with Crippen molar-refractivity contribution in [1.29, 1.82) is 0 Å². The number of carbonyl (C=O) groups excluding carboxylic acids is 1. The highest BCUT2D eigenvalue weighted by Gasteiger charge is 2.34. The average molecular weight is 589 g/mol. The number of hydrogen-bond donors (Lipinski definition) is 0. The SMILES string of the molecule is COc1cc(/C=C2/SC(=Nc3ccccc3)N(c3ccccc3)C2=O)cc(Br)c1OCc1ccc(F)cc1. The van der Waals surface area contributed by atoms with E-state index in [1.54, 1.807) is 24.1 Å². The molecule has 38 heavy (non-hydrogen) atoms. The van der Waals surface area contributed by atoms with E-state index in [1.807, 2.05) is 78.9 Å². The summed E-state index contributed by atoms with van der Waals surface area (Å²) < 4.78 is 25.4. The Morgan fingerprint density at radius 2 is 1.66 bits per heavy atom. The van der Waals surface area contributed by atoms with Crippen LogP contribution in [-0.2, 0) is 11.4 Å². The molecule has 0 saturated carbocycles. The smallest absolute Gasteiger partial charge is 0.271 e. The van der Waals surface area contributed by atoms with Crippen LogP contribution >= 0.6 is 27.7 Å². The van der Waals surface area contributed by atoms with Crippen LogP contribution < -0.4 is 14.4 Å². The van der Waals surface area contributed by atoms with Crippen molar-refractivity contribution in [2.45, 2.75) is 6.61 Å². The van der Waals surface area contributed by atoms with Gasteiger partial charge in [0, 0.05) is 0 Å². The number of thioether (sulfide) groups is 1. The number of para-hydroxylation sites is 2. The fourth-order valence-electron chi connectivity index (χ4n) is 3.82. The lowest BCUT2D eigenvalue weighted by atomic mass is 10.1. The van der Waals surface area contributed by atoms with Gasteiger partial charge in [0.25, 0.3) is 5.91 Å². The summed E-state index contributed by atoms with van der Waals surface area (Å²) in [4.78, 5) is 20.5. The van der Waals surface area contributed by atoms with Crippen LogP contribution in [0.15, 0.2) is 111 Å². The molecule has 0 unspecified atom stereocenters. The standard InChI is InChI=1S/C30H22BrFN2O3S/c1-36-26-17-21(16-25(31)28(26)37-19-20-12-14-22(32)15-13-20)18-27-29(35)34(24-10-6-3-7-11-24)30(38-27)33-23-8-4-2-5-9-23/h2-18H,19H2,1H3/b27-18+,33-30?. The number of halogens is 2. The van der Waals surface area contributed by atoms with E-state index in [0.29, 0.717) is 26.0 Å². The van der Waals surface area contributed by atoms with E-state index in [-0.39, 0.29) is 18.3 Å². The Morgan fingerprint density at radius 1 is 0.974 bits per heavy atom. The maximum Gasteiger partial charge on any atom is 0.271 e. The van der Waals surface area contributed by atoms with Crippen LogP contribution in [0, 0.1) is 5.82 Å².